The van der Waals surface area contributed by atoms with E-state index >= 15 is 0 Å². The summed E-state index contributed by atoms with van der Waals surface area (Å²) in [6, 6.07) is 4.04. The van der Waals surface area contributed by atoms with E-state index in [-0.39, 0.29) is 70.8 Å². The Labute approximate surface area is 223 Å². The number of fused-ring (bicyclic) bond motifs is 1. The number of halogens is 7. The number of alkyl halides is 5. The quantitative estimate of drug-likeness (QED) is 0.244. The van der Waals surface area contributed by atoms with Crippen LogP contribution in [-0.2, 0) is 6.54 Å². The molecule has 0 bridgehead atoms. The van der Waals surface area contributed by atoms with Crippen molar-refractivity contribution in [2.75, 3.05) is 11.9 Å². The van der Waals surface area contributed by atoms with E-state index in [1.54, 1.807) is 12.1 Å². The van der Waals surface area contributed by atoms with Crippen LogP contribution in [0.25, 0.3) is 11.2 Å². The summed E-state index contributed by atoms with van der Waals surface area (Å²) in [5, 5.41) is 6.14. The van der Waals surface area contributed by atoms with E-state index in [4.69, 9.17) is 33.7 Å². The van der Waals surface area contributed by atoms with E-state index in [0.29, 0.717) is 11.3 Å². The van der Waals surface area contributed by atoms with Gasteiger partial charge in [0.15, 0.2) is 12.3 Å². The van der Waals surface area contributed by atoms with Crippen LogP contribution in [0, 0.1) is 5.92 Å². The molecule has 0 atom stereocenters. The summed E-state index contributed by atoms with van der Waals surface area (Å²) in [6.45, 7) is -0.862. The molecule has 206 valence electrons. The maximum absolute atomic E-state index is 13.0. The summed E-state index contributed by atoms with van der Waals surface area (Å²) in [5.41, 5.74) is 6.74. The van der Waals surface area contributed by atoms with E-state index < -0.39 is 37.1 Å². The molecule has 1 amide bonds. The van der Waals surface area contributed by atoms with Crippen LogP contribution in [0.15, 0.2) is 18.2 Å². The van der Waals surface area contributed by atoms with E-state index in [1.807, 2.05) is 0 Å². The minimum atomic E-state index is -4.29. The third kappa shape index (κ3) is 6.38. The van der Waals surface area contributed by atoms with Crippen LogP contribution in [0.1, 0.15) is 41.6 Å². The highest BCUT2D eigenvalue weighted by molar-refractivity contribution is 6.39. The molecule has 8 nitrogen and oxygen atoms in total. The number of carbonyl (C=O) groups excluding carboxylic acids is 1. The van der Waals surface area contributed by atoms with Gasteiger partial charge in [-0.15, -0.1) is 0 Å². The first kappa shape index (κ1) is 28.1. The van der Waals surface area contributed by atoms with Crippen molar-refractivity contribution in [3.05, 3.63) is 39.4 Å². The highest BCUT2D eigenvalue weighted by Crippen LogP contribution is 2.38. The Bertz CT molecular complexity index is 1310. The first-order valence-electron chi connectivity index (χ1n) is 11.6. The zero-order chi connectivity index (χ0) is 27.6. The van der Waals surface area contributed by atoms with Gasteiger partial charge in [0, 0.05) is 12.6 Å². The standard InChI is InChI=1S/C23H23Cl2F5N6O2/c24-14-6-1-10(8-31)17(25)18(14)34-22-33-15-7-13(21(35-19(15)36-22)38-9-16(26)27)20(37)32-12-4-2-11(3-5-12)23(28,29)30/h1,6-7,11-12,16H,2-5,8-9,31H2,(H,32,37)(H2,33,34,35,36)/t11-,12-. The maximum atomic E-state index is 13.0. The van der Waals surface area contributed by atoms with Gasteiger partial charge in [-0.05, 0) is 43.4 Å². The van der Waals surface area contributed by atoms with Crippen LogP contribution in [0.5, 0.6) is 5.88 Å². The summed E-state index contributed by atoms with van der Waals surface area (Å²) >= 11 is 12.6. The highest BCUT2D eigenvalue weighted by Gasteiger charge is 2.41. The lowest BCUT2D eigenvalue weighted by Gasteiger charge is -2.30. The van der Waals surface area contributed by atoms with Gasteiger partial charge in [-0.1, -0.05) is 29.3 Å². The fraction of sp³-hybridized carbons (Fsp3) is 0.435. The molecule has 1 aliphatic rings. The Morgan fingerprint density at radius 1 is 1.18 bits per heavy atom. The third-order valence-corrected chi connectivity index (χ3v) is 6.93. The van der Waals surface area contributed by atoms with Gasteiger partial charge in [0.25, 0.3) is 12.3 Å². The van der Waals surface area contributed by atoms with Gasteiger partial charge in [0.05, 0.1) is 21.7 Å². The predicted octanol–water partition coefficient (Wildman–Crippen LogP) is 5.96. The van der Waals surface area contributed by atoms with E-state index in [9.17, 15) is 26.7 Å². The Balaban J connectivity index is 1.59. The SMILES string of the molecule is NCc1ccc(Cl)c(Nc2nc3cc(C(=O)N[C@H]4CC[C@H](C(F)(F)F)CC4)c(OCC(F)F)nc3[nH]2)c1Cl. The van der Waals surface area contributed by atoms with Crippen molar-refractivity contribution in [3.8, 4) is 5.88 Å². The van der Waals surface area contributed by atoms with E-state index in [0.717, 1.165) is 0 Å². The normalized spacial score (nSPS) is 18.1. The smallest absolute Gasteiger partial charge is 0.391 e. The topological polar surface area (TPSA) is 118 Å². The Hall–Kier alpha value is -2.90. The molecule has 1 saturated carbocycles. The second-order valence-corrected chi connectivity index (χ2v) is 9.57. The molecule has 1 fully saturated rings. The number of ether oxygens (including phenoxy) is 1. The van der Waals surface area contributed by atoms with Crippen molar-refractivity contribution < 1.29 is 31.5 Å². The molecule has 1 aliphatic carbocycles. The van der Waals surface area contributed by atoms with Crippen molar-refractivity contribution in [2.45, 2.75) is 50.9 Å². The molecule has 1 aromatic carbocycles. The lowest BCUT2D eigenvalue weighted by atomic mass is 9.85. The highest BCUT2D eigenvalue weighted by atomic mass is 35.5. The summed E-state index contributed by atoms with van der Waals surface area (Å²) in [4.78, 5) is 24.3. The number of amides is 1. The van der Waals surface area contributed by atoms with E-state index in [2.05, 4.69) is 25.6 Å². The summed E-state index contributed by atoms with van der Waals surface area (Å²) in [5.74, 6) is -2.39. The van der Waals surface area contributed by atoms with Gasteiger partial charge in [0.1, 0.15) is 11.1 Å². The van der Waals surface area contributed by atoms with Gasteiger partial charge < -0.3 is 26.1 Å². The van der Waals surface area contributed by atoms with Gasteiger partial charge in [-0.3, -0.25) is 4.79 Å². The van der Waals surface area contributed by atoms with Gasteiger partial charge in [-0.2, -0.15) is 18.2 Å². The number of hydrogen-bond donors (Lipinski definition) is 4. The minimum absolute atomic E-state index is 0.112. The first-order chi connectivity index (χ1) is 18.0. The monoisotopic (exact) mass is 580 g/mol. The van der Waals surface area contributed by atoms with Crippen molar-refractivity contribution in [3.63, 3.8) is 0 Å². The number of nitrogens with one attached hydrogen (secondary N) is 3. The number of nitrogens with zero attached hydrogens (tertiary/aromatic N) is 2. The molecule has 0 saturated heterocycles. The Morgan fingerprint density at radius 2 is 1.89 bits per heavy atom. The third-order valence-electron chi connectivity index (χ3n) is 6.19. The lowest BCUT2D eigenvalue weighted by molar-refractivity contribution is -0.182. The van der Waals surface area contributed by atoms with Crippen molar-refractivity contribution >= 4 is 51.9 Å². The molecule has 2 heterocycles. The number of hydrogen-bond acceptors (Lipinski definition) is 6. The zero-order valence-electron chi connectivity index (χ0n) is 19.6. The van der Waals surface area contributed by atoms with E-state index in [1.165, 1.54) is 6.07 Å². The predicted molar refractivity (Wildman–Crippen MR) is 132 cm³/mol. The number of anilines is 2. The maximum Gasteiger partial charge on any atom is 0.391 e. The zero-order valence-corrected chi connectivity index (χ0v) is 21.2. The van der Waals surface area contributed by atoms with Crippen LogP contribution in [-0.4, -0.2) is 46.1 Å². The van der Waals surface area contributed by atoms with Crippen molar-refractivity contribution in [2.24, 2.45) is 11.7 Å². The van der Waals surface area contributed by atoms with Crippen LogP contribution in [0.3, 0.4) is 0 Å². The minimum Gasteiger partial charge on any atom is -0.471 e. The first-order valence-corrected chi connectivity index (χ1v) is 12.3. The Kier molecular flexibility index (Phi) is 8.48. The molecule has 0 aliphatic heterocycles. The largest absolute Gasteiger partial charge is 0.471 e. The molecule has 5 N–H and O–H groups in total. The number of aromatic nitrogens is 3. The summed E-state index contributed by atoms with van der Waals surface area (Å²) < 4.78 is 69.7. The fourth-order valence-electron chi connectivity index (χ4n) is 4.21. The number of aromatic amines is 1. The van der Waals surface area contributed by atoms with Gasteiger partial charge in [-0.25, -0.2) is 13.8 Å². The molecule has 3 aromatic rings. The van der Waals surface area contributed by atoms with Gasteiger partial charge in [0.2, 0.25) is 11.8 Å². The molecule has 4 rings (SSSR count). The number of carbonyl (C=O) groups is 1. The van der Waals surface area contributed by atoms with Crippen LogP contribution in [0.4, 0.5) is 33.6 Å². The van der Waals surface area contributed by atoms with Crippen LogP contribution in [0.2, 0.25) is 10.0 Å². The number of imidazole rings is 1. The van der Waals surface area contributed by atoms with Crippen molar-refractivity contribution in [1.82, 2.24) is 20.3 Å². The second kappa shape index (κ2) is 11.5. The molecule has 15 heteroatoms. The molecule has 0 radical (unpaired) electrons. The molecule has 2 aromatic heterocycles. The molecular weight excluding hydrogens is 558 g/mol. The van der Waals surface area contributed by atoms with Gasteiger partial charge >= 0.3 is 6.18 Å². The average molecular weight is 581 g/mol. The number of benzene rings is 1. The second-order valence-electron chi connectivity index (χ2n) is 8.78. The molecular formula is C23H23Cl2F5N6O2. The lowest BCUT2D eigenvalue weighted by Crippen LogP contribution is -2.40. The van der Waals surface area contributed by atoms with Crippen LogP contribution >= 0.6 is 23.2 Å². The fourth-order valence-corrected chi connectivity index (χ4v) is 4.75. The number of nitrogens with two attached hydrogens (primary N) is 1. The Morgan fingerprint density at radius 3 is 2.53 bits per heavy atom. The number of rotatable bonds is 8. The average Bonchev–Trinajstić information content (AvgIpc) is 3.26. The summed E-state index contributed by atoms with van der Waals surface area (Å²) in [6.07, 6.45) is -7.11. The van der Waals surface area contributed by atoms with Crippen molar-refractivity contribution in [1.29, 1.82) is 0 Å². The number of pyridine rings is 1. The van der Waals surface area contributed by atoms with Crippen LogP contribution < -0.4 is 21.1 Å². The molecule has 0 spiro atoms. The molecule has 0 unspecified atom stereocenters. The molecule has 38 heavy (non-hydrogen) atoms. The summed E-state index contributed by atoms with van der Waals surface area (Å²) in [7, 11) is 0. The number of H-pyrrole nitrogens is 1.